The maximum absolute atomic E-state index is 11.5. The molecule has 0 amide bonds. The van der Waals surface area contributed by atoms with Gasteiger partial charge in [0.05, 0.1) is 5.51 Å². The van der Waals surface area contributed by atoms with Gasteiger partial charge in [-0.3, -0.25) is 4.79 Å². The van der Waals surface area contributed by atoms with Crippen molar-refractivity contribution in [2.45, 2.75) is 26.7 Å². The monoisotopic (exact) mass is 181 g/mol. The molecule has 0 bridgehead atoms. The normalized spacial score (nSPS) is 20.7. The maximum Gasteiger partial charge on any atom is 0.182 e. The summed E-state index contributed by atoms with van der Waals surface area (Å²) in [5.41, 5.74) is 2.62. The third-order valence-corrected chi connectivity index (χ3v) is 3.02. The highest BCUT2D eigenvalue weighted by Gasteiger charge is 2.32. The number of fused-ring (bicyclic) bond motifs is 1. The van der Waals surface area contributed by atoms with Crippen LogP contribution in [-0.2, 0) is 6.42 Å². The van der Waals surface area contributed by atoms with E-state index in [9.17, 15) is 4.79 Å². The Morgan fingerprint density at radius 2 is 2.25 bits per heavy atom. The Hall–Kier alpha value is -0.700. The lowest BCUT2D eigenvalue weighted by Gasteiger charge is -2.26. The van der Waals surface area contributed by atoms with Crippen LogP contribution in [0.1, 0.15) is 35.6 Å². The van der Waals surface area contributed by atoms with Gasteiger partial charge in [0.15, 0.2) is 5.78 Å². The minimum Gasteiger partial charge on any atom is -0.292 e. The smallest absolute Gasteiger partial charge is 0.182 e. The van der Waals surface area contributed by atoms with Crippen LogP contribution in [0.5, 0.6) is 0 Å². The molecule has 1 heterocycles. The van der Waals surface area contributed by atoms with Crippen LogP contribution >= 0.6 is 11.3 Å². The molecular formula is C9H11NOS. The van der Waals surface area contributed by atoms with Gasteiger partial charge in [-0.1, -0.05) is 13.8 Å². The van der Waals surface area contributed by atoms with E-state index >= 15 is 0 Å². The second-order valence-electron chi connectivity index (χ2n) is 4.07. The van der Waals surface area contributed by atoms with Crippen molar-refractivity contribution in [3.63, 3.8) is 0 Å². The van der Waals surface area contributed by atoms with Crippen molar-refractivity contribution in [2.24, 2.45) is 5.41 Å². The highest BCUT2D eigenvalue weighted by Crippen LogP contribution is 2.35. The van der Waals surface area contributed by atoms with Gasteiger partial charge in [-0.15, -0.1) is 11.3 Å². The van der Waals surface area contributed by atoms with E-state index in [2.05, 4.69) is 18.8 Å². The van der Waals surface area contributed by atoms with Gasteiger partial charge < -0.3 is 0 Å². The molecule has 12 heavy (non-hydrogen) atoms. The van der Waals surface area contributed by atoms with Crippen molar-refractivity contribution < 1.29 is 4.79 Å². The number of ketones is 1. The first-order valence-electron chi connectivity index (χ1n) is 4.04. The van der Waals surface area contributed by atoms with Gasteiger partial charge in [0.1, 0.15) is 5.69 Å². The van der Waals surface area contributed by atoms with Crippen LogP contribution in [-0.4, -0.2) is 10.8 Å². The SMILES string of the molecule is CC1(C)CC(=O)c2ncsc2C1. The molecule has 0 radical (unpaired) electrons. The number of hydrogen-bond donors (Lipinski definition) is 0. The van der Waals surface area contributed by atoms with Crippen molar-refractivity contribution in [2.75, 3.05) is 0 Å². The Labute approximate surface area is 75.6 Å². The van der Waals surface area contributed by atoms with Crippen LogP contribution in [0.25, 0.3) is 0 Å². The number of rotatable bonds is 0. The quantitative estimate of drug-likeness (QED) is 0.614. The molecule has 3 heteroatoms. The Kier molecular flexibility index (Phi) is 1.58. The third-order valence-electron chi connectivity index (χ3n) is 2.18. The summed E-state index contributed by atoms with van der Waals surface area (Å²) in [5.74, 6) is 0.211. The molecule has 2 nitrogen and oxygen atoms in total. The number of Topliss-reactive ketones (excluding diaryl/α,β-unsaturated/α-hetero) is 1. The number of aromatic nitrogens is 1. The van der Waals surface area contributed by atoms with E-state index in [1.807, 2.05) is 0 Å². The molecule has 1 aliphatic rings. The molecular weight excluding hydrogens is 170 g/mol. The van der Waals surface area contributed by atoms with Crippen LogP contribution in [0.15, 0.2) is 5.51 Å². The van der Waals surface area contributed by atoms with E-state index < -0.39 is 0 Å². The van der Waals surface area contributed by atoms with Gasteiger partial charge in [-0.2, -0.15) is 0 Å². The second-order valence-corrected chi connectivity index (χ2v) is 5.00. The molecule has 0 aliphatic heterocycles. The first-order valence-corrected chi connectivity index (χ1v) is 4.92. The van der Waals surface area contributed by atoms with E-state index in [1.165, 1.54) is 0 Å². The van der Waals surface area contributed by atoms with Gasteiger partial charge in [-0.25, -0.2) is 4.98 Å². The summed E-state index contributed by atoms with van der Waals surface area (Å²) in [4.78, 5) is 16.7. The topological polar surface area (TPSA) is 30.0 Å². The number of thiazole rings is 1. The minimum atomic E-state index is 0.136. The number of hydrogen-bond acceptors (Lipinski definition) is 3. The Bertz CT molecular complexity index is 327. The third kappa shape index (κ3) is 1.18. The molecule has 2 rings (SSSR count). The molecule has 0 aromatic carbocycles. The van der Waals surface area contributed by atoms with Gasteiger partial charge in [0.25, 0.3) is 0 Å². The van der Waals surface area contributed by atoms with Crippen molar-refractivity contribution in [3.8, 4) is 0 Å². The lowest BCUT2D eigenvalue weighted by Crippen LogP contribution is -2.25. The van der Waals surface area contributed by atoms with Crippen LogP contribution in [0.2, 0.25) is 0 Å². The molecule has 0 spiro atoms. The summed E-state index contributed by atoms with van der Waals surface area (Å²) < 4.78 is 0. The summed E-state index contributed by atoms with van der Waals surface area (Å²) in [6.07, 6.45) is 1.64. The van der Waals surface area contributed by atoms with Crippen molar-refractivity contribution in [1.82, 2.24) is 4.98 Å². The first kappa shape index (κ1) is 7.92. The van der Waals surface area contributed by atoms with Gasteiger partial charge in [-0.05, 0) is 11.8 Å². The summed E-state index contributed by atoms with van der Waals surface area (Å²) in [5, 5.41) is 0. The largest absolute Gasteiger partial charge is 0.292 e. The fourth-order valence-electron chi connectivity index (χ4n) is 1.64. The molecule has 64 valence electrons. The highest BCUT2D eigenvalue weighted by molar-refractivity contribution is 7.10. The predicted octanol–water partition coefficient (Wildman–Crippen LogP) is 2.30. The van der Waals surface area contributed by atoms with E-state index in [4.69, 9.17) is 0 Å². The standard InChI is InChI=1S/C9H11NOS/c1-9(2)3-6(11)8-7(4-9)12-5-10-8/h5H,3-4H2,1-2H3. The van der Waals surface area contributed by atoms with Gasteiger partial charge >= 0.3 is 0 Å². The van der Waals surface area contributed by atoms with Crippen LogP contribution in [0.3, 0.4) is 0 Å². The number of carbonyl (C=O) groups is 1. The molecule has 0 saturated heterocycles. The lowest BCUT2D eigenvalue weighted by molar-refractivity contribution is 0.0909. The zero-order valence-electron chi connectivity index (χ0n) is 7.26. The molecule has 0 saturated carbocycles. The maximum atomic E-state index is 11.5. The van der Waals surface area contributed by atoms with Crippen molar-refractivity contribution in [1.29, 1.82) is 0 Å². The zero-order valence-corrected chi connectivity index (χ0v) is 8.07. The van der Waals surface area contributed by atoms with Gasteiger partial charge in [0.2, 0.25) is 0 Å². The fourth-order valence-corrected chi connectivity index (χ4v) is 2.68. The first-order chi connectivity index (χ1) is 5.58. The summed E-state index contributed by atoms with van der Waals surface area (Å²) in [6, 6.07) is 0. The fraction of sp³-hybridized carbons (Fsp3) is 0.556. The summed E-state index contributed by atoms with van der Waals surface area (Å²) >= 11 is 1.60. The van der Waals surface area contributed by atoms with E-state index in [0.29, 0.717) is 6.42 Å². The zero-order chi connectivity index (χ0) is 8.77. The molecule has 0 unspecified atom stereocenters. The number of carbonyl (C=O) groups excluding carboxylic acids is 1. The Morgan fingerprint density at radius 3 is 3.00 bits per heavy atom. The molecule has 1 aliphatic carbocycles. The van der Waals surface area contributed by atoms with E-state index in [1.54, 1.807) is 16.8 Å². The van der Waals surface area contributed by atoms with E-state index in [0.717, 1.165) is 17.0 Å². The summed E-state index contributed by atoms with van der Waals surface area (Å²) in [7, 11) is 0. The molecule has 1 aromatic heterocycles. The molecule has 0 N–H and O–H groups in total. The van der Waals surface area contributed by atoms with E-state index in [-0.39, 0.29) is 11.2 Å². The molecule has 0 atom stereocenters. The summed E-state index contributed by atoms with van der Waals surface area (Å²) in [6.45, 7) is 4.26. The van der Waals surface area contributed by atoms with Crippen LogP contribution < -0.4 is 0 Å². The molecule has 0 fully saturated rings. The van der Waals surface area contributed by atoms with Crippen LogP contribution in [0, 0.1) is 5.41 Å². The predicted molar refractivity (Wildman–Crippen MR) is 48.5 cm³/mol. The average Bonchev–Trinajstić information content (AvgIpc) is 2.31. The second kappa shape index (κ2) is 2.39. The molecule has 1 aromatic rings. The highest BCUT2D eigenvalue weighted by atomic mass is 32.1. The Morgan fingerprint density at radius 1 is 1.50 bits per heavy atom. The van der Waals surface area contributed by atoms with Gasteiger partial charge in [0, 0.05) is 11.3 Å². The Balaban J connectivity index is 2.45. The van der Waals surface area contributed by atoms with Crippen molar-refractivity contribution >= 4 is 17.1 Å². The van der Waals surface area contributed by atoms with Crippen molar-refractivity contribution in [3.05, 3.63) is 16.1 Å². The minimum absolute atomic E-state index is 0.136. The number of nitrogens with zero attached hydrogens (tertiary/aromatic N) is 1. The lowest BCUT2D eigenvalue weighted by atomic mass is 9.78. The average molecular weight is 181 g/mol. The van der Waals surface area contributed by atoms with Crippen LogP contribution in [0.4, 0.5) is 0 Å².